The number of hydrogen-bond donors (Lipinski definition) is 1. The molecule has 3 rings (SSSR count). The average molecular weight is 476 g/mol. The summed E-state index contributed by atoms with van der Waals surface area (Å²) in [5, 5.41) is 11.4. The first kappa shape index (κ1) is 20.2. The van der Waals surface area contributed by atoms with E-state index >= 15 is 0 Å². The number of rotatable bonds is 5. The van der Waals surface area contributed by atoms with Crippen molar-refractivity contribution in [1.29, 1.82) is 0 Å². The highest BCUT2D eigenvalue weighted by molar-refractivity contribution is 9.10. The molecule has 0 saturated carbocycles. The summed E-state index contributed by atoms with van der Waals surface area (Å²) in [5.74, 6) is -0.475. The molecule has 6 nitrogen and oxygen atoms in total. The van der Waals surface area contributed by atoms with Gasteiger partial charge < -0.3 is 10.1 Å². The first-order valence-electron chi connectivity index (χ1n) is 7.69. The minimum absolute atomic E-state index is 0.0671. The van der Waals surface area contributed by atoms with Crippen LogP contribution in [0.15, 0.2) is 46.9 Å². The molecule has 0 spiro atoms. The van der Waals surface area contributed by atoms with Gasteiger partial charge in [0.15, 0.2) is 17.3 Å². The van der Waals surface area contributed by atoms with Gasteiger partial charge in [0.05, 0.1) is 11.4 Å². The van der Waals surface area contributed by atoms with Gasteiger partial charge in [-0.1, -0.05) is 16.8 Å². The first-order chi connectivity index (χ1) is 13.1. The molecule has 0 amide bonds. The highest BCUT2D eigenvalue weighted by Crippen LogP contribution is 2.33. The molecule has 0 saturated heterocycles. The monoisotopic (exact) mass is 474 g/mol. The van der Waals surface area contributed by atoms with Gasteiger partial charge in [-0.05, 0) is 58.4 Å². The maximum atomic E-state index is 12.4. The Balaban J connectivity index is 1.98. The Kier molecular flexibility index (Phi) is 5.61. The van der Waals surface area contributed by atoms with Crippen LogP contribution in [0.5, 0.6) is 5.75 Å². The molecule has 28 heavy (non-hydrogen) atoms. The quantitative estimate of drug-likeness (QED) is 0.492. The molecule has 3 aromatic rings. The summed E-state index contributed by atoms with van der Waals surface area (Å²) >= 11 is 9.08. The number of nitrogens with one attached hydrogen (secondary N) is 1. The van der Waals surface area contributed by atoms with Gasteiger partial charge in [-0.25, -0.2) is 0 Å². The van der Waals surface area contributed by atoms with E-state index in [4.69, 9.17) is 11.6 Å². The Hall–Kier alpha value is -2.59. The van der Waals surface area contributed by atoms with Gasteiger partial charge in [0.1, 0.15) is 5.75 Å². The van der Waals surface area contributed by atoms with Crippen molar-refractivity contribution in [2.24, 2.45) is 0 Å². The molecule has 146 valence electrons. The summed E-state index contributed by atoms with van der Waals surface area (Å²) in [6.45, 7) is 1.33. The Morgan fingerprint density at radius 2 is 1.89 bits per heavy atom. The first-order valence-corrected chi connectivity index (χ1v) is 8.86. The lowest BCUT2D eigenvalue weighted by Crippen LogP contribution is -2.17. The van der Waals surface area contributed by atoms with Gasteiger partial charge >= 0.3 is 6.36 Å². The van der Waals surface area contributed by atoms with Crippen LogP contribution in [0, 0.1) is 0 Å². The molecule has 1 N–H and O–H groups in total. The number of ketones is 1. The van der Waals surface area contributed by atoms with Gasteiger partial charge in [-0.2, -0.15) is 4.68 Å². The lowest BCUT2D eigenvalue weighted by Gasteiger charge is -2.14. The molecule has 0 atom stereocenters. The molecule has 0 aliphatic rings. The van der Waals surface area contributed by atoms with Crippen LogP contribution in [-0.2, 0) is 0 Å². The second kappa shape index (κ2) is 7.80. The van der Waals surface area contributed by atoms with Crippen LogP contribution in [0.4, 0.5) is 24.7 Å². The zero-order valence-corrected chi connectivity index (χ0v) is 16.4. The summed E-state index contributed by atoms with van der Waals surface area (Å²) in [7, 11) is 0. The highest BCUT2D eigenvalue weighted by atomic mass is 79.9. The summed E-state index contributed by atoms with van der Waals surface area (Å²) < 4.78 is 42.7. The average Bonchev–Trinajstić information content (AvgIpc) is 3.00. The van der Waals surface area contributed by atoms with Crippen LogP contribution in [0.25, 0.3) is 5.69 Å². The van der Waals surface area contributed by atoms with E-state index in [1.165, 1.54) is 17.7 Å². The summed E-state index contributed by atoms with van der Waals surface area (Å²) in [6, 6.07) is 10.3. The van der Waals surface area contributed by atoms with E-state index in [0.29, 0.717) is 16.4 Å². The van der Waals surface area contributed by atoms with Crippen molar-refractivity contribution in [3.05, 3.63) is 57.7 Å². The SMILES string of the molecule is CC(=O)c1nnn(-c2ccc(Cl)cc2)c1Nc1ccc(OC(F)(F)F)cc1Br. The van der Waals surface area contributed by atoms with Crippen molar-refractivity contribution in [2.45, 2.75) is 13.3 Å². The predicted molar refractivity (Wildman–Crippen MR) is 100 cm³/mol. The third kappa shape index (κ3) is 4.63. The number of aromatic nitrogens is 3. The topological polar surface area (TPSA) is 69.0 Å². The van der Waals surface area contributed by atoms with Crippen LogP contribution >= 0.6 is 27.5 Å². The smallest absolute Gasteiger partial charge is 0.406 e. The molecule has 1 aromatic heterocycles. The Bertz CT molecular complexity index is 1020. The molecule has 0 unspecified atom stereocenters. The third-order valence-corrected chi connectivity index (χ3v) is 4.41. The number of carbonyl (C=O) groups is 1. The number of benzene rings is 2. The number of Topliss-reactive ketones (excluding diaryl/α,β-unsaturated/α-hetero) is 1. The van der Waals surface area contributed by atoms with Gasteiger partial charge in [0.2, 0.25) is 0 Å². The largest absolute Gasteiger partial charge is 0.573 e. The number of nitrogens with zero attached hydrogens (tertiary/aromatic N) is 3. The minimum Gasteiger partial charge on any atom is -0.406 e. The van der Waals surface area contributed by atoms with Gasteiger partial charge in [0.25, 0.3) is 0 Å². The lowest BCUT2D eigenvalue weighted by atomic mass is 10.2. The van der Waals surface area contributed by atoms with Crippen LogP contribution in [0.1, 0.15) is 17.4 Å². The normalized spacial score (nSPS) is 11.4. The Morgan fingerprint density at radius 3 is 2.46 bits per heavy atom. The van der Waals surface area contributed by atoms with E-state index in [1.807, 2.05) is 0 Å². The molecule has 0 fully saturated rings. The van der Waals surface area contributed by atoms with E-state index < -0.39 is 6.36 Å². The zero-order chi connectivity index (χ0) is 20.5. The van der Waals surface area contributed by atoms with Gasteiger partial charge in [0, 0.05) is 16.4 Å². The fraction of sp³-hybridized carbons (Fsp3) is 0.118. The van der Waals surface area contributed by atoms with Gasteiger partial charge in [-0.15, -0.1) is 18.3 Å². The van der Waals surface area contributed by atoms with Crippen LogP contribution < -0.4 is 10.1 Å². The van der Waals surface area contributed by atoms with E-state index in [1.54, 1.807) is 24.3 Å². The van der Waals surface area contributed by atoms with Crippen molar-refractivity contribution >= 4 is 44.8 Å². The van der Waals surface area contributed by atoms with Crippen molar-refractivity contribution in [3.8, 4) is 11.4 Å². The minimum atomic E-state index is -4.80. The number of carbonyl (C=O) groups excluding carboxylic acids is 1. The standard InChI is InChI=1S/C17H11BrClF3N4O2/c1-9(27)15-16(26(25-24-15)11-4-2-10(19)3-5-11)23-14-7-6-12(8-13(14)18)28-17(20,21)22/h2-8,23H,1H3. The summed E-state index contributed by atoms with van der Waals surface area (Å²) in [4.78, 5) is 11.9. The molecular formula is C17H11BrClF3N4O2. The Labute approximate surface area is 170 Å². The molecule has 2 aromatic carbocycles. The zero-order valence-electron chi connectivity index (χ0n) is 14.1. The fourth-order valence-electron chi connectivity index (χ4n) is 2.32. The predicted octanol–water partition coefficient (Wildman–Crippen LogP) is 5.53. The molecule has 0 aliphatic carbocycles. The van der Waals surface area contributed by atoms with E-state index in [0.717, 1.165) is 12.1 Å². The number of anilines is 2. The summed E-state index contributed by atoms with van der Waals surface area (Å²) in [5.41, 5.74) is 1.03. The number of ether oxygens (including phenoxy) is 1. The third-order valence-electron chi connectivity index (χ3n) is 3.50. The maximum Gasteiger partial charge on any atom is 0.573 e. The van der Waals surface area contributed by atoms with Crippen LogP contribution in [0.2, 0.25) is 5.02 Å². The van der Waals surface area contributed by atoms with Crippen molar-refractivity contribution in [3.63, 3.8) is 0 Å². The molecule has 0 aliphatic heterocycles. The van der Waals surface area contributed by atoms with Crippen LogP contribution in [-0.4, -0.2) is 27.1 Å². The molecule has 0 bridgehead atoms. The van der Waals surface area contributed by atoms with E-state index in [9.17, 15) is 18.0 Å². The highest BCUT2D eigenvalue weighted by Gasteiger charge is 2.31. The van der Waals surface area contributed by atoms with E-state index in [2.05, 4.69) is 36.3 Å². The maximum absolute atomic E-state index is 12.4. The van der Waals surface area contributed by atoms with Crippen molar-refractivity contribution in [2.75, 3.05) is 5.32 Å². The summed E-state index contributed by atoms with van der Waals surface area (Å²) in [6.07, 6.45) is -4.80. The number of alkyl halides is 3. The second-order valence-electron chi connectivity index (χ2n) is 5.55. The number of halogens is 5. The van der Waals surface area contributed by atoms with Crippen molar-refractivity contribution in [1.82, 2.24) is 15.0 Å². The Morgan fingerprint density at radius 1 is 1.21 bits per heavy atom. The molecular weight excluding hydrogens is 465 g/mol. The number of hydrogen-bond acceptors (Lipinski definition) is 5. The molecule has 0 radical (unpaired) electrons. The lowest BCUT2D eigenvalue weighted by molar-refractivity contribution is -0.274. The molecule has 1 heterocycles. The fourth-order valence-corrected chi connectivity index (χ4v) is 2.90. The van der Waals surface area contributed by atoms with Crippen molar-refractivity contribution < 1.29 is 22.7 Å². The van der Waals surface area contributed by atoms with Crippen LogP contribution in [0.3, 0.4) is 0 Å². The second-order valence-corrected chi connectivity index (χ2v) is 6.84. The van der Waals surface area contributed by atoms with E-state index in [-0.39, 0.29) is 27.5 Å². The van der Waals surface area contributed by atoms with Gasteiger partial charge in [-0.3, -0.25) is 4.79 Å². The molecule has 11 heteroatoms.